The van der Waals surface area contributed by atoms with Gasteiger partial charge in [0.25, 0.3) is 5.24 Å². The van der Waals surface area contributed by atoms with Crippen molar-refractivity contribution in [1.82, 2.24) is 0 Å². The fourth-order valence-corrected chi connectivity index (χ4v) is 2.11. The van der Waals surface area contributed by atoms with Crippen molar-refractivity contribution >= 4 is 22.7 Å². The molecule has 1 amide bonds. The third-order valence-corrected chi connectivity index (χ3v) is 3.13. The summed E-state index contributed by atoms with van der Waals surface area (Å²) in [4.78, 5) is 12.7. The smallest absolute Gasteiger partial charge is 0.288 e. The predicted molar refractivity (Wildman–Crippen MR) is 72.5 cm³/mol. The molecule has 0 unspecified atom stereocenters. The lowest BCUT2D eigenvalue weighted by Crippen LogP contribution is -2.05. The topological polar surface area (TPSA) is 29.1 Å². The number of rotatable bonds is 2. The number of amides is 1. The molecular weight excluding hydrogens is 230 g/mol. The fraction of sp³-hybridized carbons (Fsp3) is 0.0714. The van der Waals surface area contributed by atoms with Gasteiger partial charge in [-0.15, -0.1) is 0 Å². The molecule has 2 rings (SSSR count). The van der Waals surface area contributed by atoms with E-state index < -0.39 is 0 Å². The van der Waals surface area contributed by atoms with Crippen molar-refractivity contribution in [3.8, 4) is 0 Å². The largest absolute Gasteiger partial charge is 0.316 e. The van der Waals surface area contributed by atoms with Crippen LogP contribution in [0, 0.1) is 6.92 Å². The van der Waals surface area contributed by atoms with Crippen molar-refractivity contribution in [2.75, 3.05) is 5.32 Å². The Morgan fingerprint density at radius 1 is 1.00 bits per heavy atom. The first-order valence-electron chi connectivity index (χ1n) is 5.35. The molecule has 0 radical (unpaired) electrons. The molecule has 0 saturated heterocycles. The predicted octanol–water partition coefficient (Wildman–Crippen LogP) is 4.32. The van der Waals surface area contributed by atoms with Crippen LogP contribution >= 0.6 is 11.8 Å². The third-order valence-electron chi connectivity index (χ3n) is 2.34. The molecule has 0 atom stereocenters. The van der Waals surface area contributed by atoms with Crippen molar-refractivity contribution in [2.45, 2.75) is 11.8 Å². The zero-order chi connectivity index (χ0) is 12.1. The molecule has 3 heteroatoms. The molecule has 17 heavy (non-hydrogen) atoms. The summed E-state index contributed by atoms with van der Waals surface area (Å²) in [7, 11) is 0. The highest BCUT2D eigenvalue weighted by Crippen LogP contribution is 2.21. The number of benzene rings is 2. The Morgan fingerprint density at radius 2 is 1.65 bits per heavy atom. The van der Waals surface area contributed by atoms with Gasteiger partial charge in [0, 0.05) is 10.6 Å². The molecule has 0 aliphatic carbocycles. The van der Waals surface area contributed by atoms with Crippen LogP contribution in [0.5, 0.6) is 0 Å². The van der Waals surface area contributed by atoms with Gasteiger partial charge in [-0.25, -0.2) is 0 Å². The molecule has 2 aromatic carbocycles. The maximum atomic E-state index is 11.8. The van der Waals surface area contributed by atoms with Gasteiger partial charge in [0.15, 0.2) is 0 Å². The molecule has 0 aromatic heterocycles. The number of aryl methyl sites for hydroxylation is 1. The Kier molecular flexibility index (Phi) is 3.83. The van der Waals surface area contributed by atoms with Gasteiger partial charge in [-0.3, -0.25) is 4.79 Å². The molecule has 0 aliphatic heterocycles. The molecule has 2 nitrogen and oxygen atoms in total. The summed E-state index contributed by atoms with van der Waals surface area (Å²) < 4.78 is 0. The SMILES string of the molecule is Cc1ccccc1NC(=O)Sc1ccccc1. The highest BCUT2D eigenvalue weighted by atomic mass is 32.2. The van der Waals surface area contributed by atoms with E-state index in [1.807, 2.05) is 61.5 Å². The minimum absolute atomic E-state index is 0.0644. The lowest BCUT2D eigenvalue weighted by atomic mass is 10.2. The molecule has 0 fully saturated rings. The summed E-state index contributed by atoms with van der Waals surface area (Å²) >= 11 is 1.20. The minimum atomic E-state index is -0.0644. The summed E-state index contributed by atoms with van der Waals surface area (Å²) in [6.45, 7) is 1.97. The van der Waals surface area contributed by atoms with Gasteiger partial charge in [-0.05, 0) is 42.4 Å². The fourth-order valence-electron chi connectivity index (χ4n) is 1.44. The quantitative estimate of drug-likeness (QED) is 0.796. The monoisotopic (exact) mass is 243 g/mol. The third kappa shape index (κ3) is 3.36. The first-order valence-corrected chi connectivity index (χ1v) is 6.17. The number of carbonyl (C=O) groups is 1. The molecule has 0 bridgehead atoms. The zero-order valence-corrected chi connectivity index (χ0v) is 10.3. The summed E-state index contributed by atoms with van der Waals surface area (Å²) in [6, 6.07) is 17.4. The van der Waals surface area contributed by atoms with Crippen molar-refractivity contribution in [2.24, 2.45) is 0 Å². The van der Waals surface area contributed by atoms with E-state index in [1.54, 1.807) is 0 Å². The Balaban J connectivity index is 2.01. The average molecular weight is 243 g/mol. The molecule has 1 N–H and O–H groups in total. The van der Waals surface area contributed by atoms with E-state index in [0.29, 0.717) is 0 Å². The summed E-state index contributed by atoms with van der Waals surface area (Å²) in [5, 5.41) is 2.82. The molecule has 0 spiro atoms. The maximum absolute atomic E-state index is 11.8. The first-order chi connectivity index (χ1) is 8.25. The highest BCUT2D eigenvalue weighted by molar-refractivity contribution is 8.13. The van der Waals surface area contributed by atoms with Crippen LogP contribution < -0.4 is 5.32 Å². The molecule has 0 heterocycles. The second-order valence-electron chi connectivity index (χ2n) is 3.64. The summed E-state index contributed by atoms with van der Waals surface area (Å²) in [5.74, 6) is 0. The molecule has 0 saturated carbocycles. The lowest BCUT2D eigenvalue weighted by molar-refractivity contribution is 0.269. The molecule has 0 aliphatic rings. The van der Waals surface area contributed by atoms with Crippen LogP contribution in [0.25, 0.3) is 0 Å². The van der Waals surface area contributed by atoms with E-state index in [1.165, 1.54) is 11.8 Å². The van der Waals surface area contributed by atoms with Gasteiger partial charge in [0.2, 0.25) is 0 Å². The van der Waals surface area contributed by atoms with Crippen LogP contribution in [0.2, 0.25) is 0 Å². The zero-order valence-electron chi connectivity index (χ0n) is 9.51. The van der Waals surface area contributed by atoms with Crippen LogP contribution in [0.15, 0.2) is 59.5 Å². The second-order valence-corrected chi connectivity index (χ2v) is 4.69. The Hall–Kier alpha value is -1.74. The van der Waals surface area contributed by atoms with E-state index in [0.717, 1.165) is 16.1 Å². The van der Waals surface area contributed by atoms with Gasteiger partial charge in [0.05, 0.1) is 0 Å². The second kappa shape index (κ2) is 5.55. The number of anilines is 1. The molecule has 2 aromatic rings. The van der Waals surface area contributed by atoms with Crippen LogP contribution in [-0.4, -0.2) is 5.24 Å². The summed E-state index contributed by atoms with van der Waals surface area (Å²) in [6.07, 6.45) is 0. The number of hydrogen-bond donors (Lipinski definition) is 1. The first kappa shape index (κ1) is 11.7. The van der Waals surface area contributed by atoms with Gasteiger partial charge in [-0.1, -0.05) is 36.4 Å². The Labute approximate surface area is 105 Å². The van der Waals surface area contributed by atoms with Crippen molar-refractivity contribution in [1.29, 1.82) is 0 Å². The van der Waals surface area contributed by atoms with Crippen LogP contribution in [0.4, 0.5) is 10.5 Å². The van der Waals surface area contributed by atoms with Gasteiger partial charge < -0.3 is 5.32 Å². The number of nitrogens with one attached hydrogen (secondary N) is 1. The maximum Gasteiger partial charge on any atom is 0.288 e. The number of carbonyl (C=O) groups excluding carboxylic acids is 1. The lowest BCUT2D eigenvalue weighted by Gasteiger charge is -2.07. The minimum Gasteiger partial charge on any atom is -0.316 e. The average Bonchev–Trinajstić information content (AvgIpc) is 2.33. The van der Waals surface area contributed by atoms with Crippen LogP contribution in [0.3, 0.4) is 0 Å². The van der Waals surface area contributed by atoms with Gasteiger partial charge >= 0.3 is 0 Å². The van der Waals surface area contributed by atoms with Crippen LogP contribution in [0.1, 0.15) is 5.56 Å². The van der Waals surface area contributed by atoms with Crippen molar-refractivity contribution in [3.05, 3.63) is 60.2 Å². The molecule has 86 valence electrons. The van der Waals surface area contributed by atoms with E-state index in [2.05, 4.69) is 5.32 Å². The Bertz CT molecular complexity index is 511. The standard InChI is InChI=1S/C14H13NOS/c1-11-7-5-6-10-13(11)15-14(16)17-12-8-3-2-4-9-12/h2-10H,1H3,(H,15,16). The van der Waals surface area contributed by atoms with Gasteiger partial charge in [-0.2, -0.15) is 0 Å². The highest BCUT2D eigenvalue weighted by Gasteiger charge is 2.05. The van der Waals surface area contributed by atoms with E-state index in [-0.39, 0.29) is 5.24 Å². The van der Waals surface area contributed by atoms with Crippen molar-refractivity contribution < 1.29 is 4.79 Å². The number of thioether (sulfide) groups is 1. The number of para-hydroxylation sites is 1. The van der Waals surface area contributed by atoms with E-state index in [4.69, 9.17) is 0 Å². The normalized spacial score (nSPS) is 9.94. The van der Waals surface area contributed by atoms with E-state index >= 15 is 0 Å². The Morgan fingerprint density at radius 3 is 2.35 bits per heavy atom. The summed E-state index contributed by atoms with van der Waals surface area (Å²) in [5.41, 5.74) is 1.93. The van der Waals surface area contributed by atoms with E-state index in [9.17, 15) is 4.79 Å². The molecular formula is C14H13NOS. The van der Waals surface area contributed by atoms with Crippen molar-refractivity contribution in [3.63, 3.8) is 0 Å². The van der Waals surface area contributed by atoms with Gasteiger partial charge in [0.1, 0.15) is 0 Å². The number of hydrogen-bond acceptors (Lipinski definition) is 2. The van der Waals surface area contributed by atoms with Crippen LogP contribution in [-0.2, 0) is 0 Å².